The minimum Gasteiger partial charge on any atom is -0.360 e. The van der Waals surface area contributed by atoms with E-state index in [1.807, 2.05) is 43.7 Å². The Hall–Kier alpha value is -2.97. The first-order valence-corrected chi connectivity index (χ1v) is 11.5. The highest BCUT2D eigenvalue weighted by Crippen LogP contribution is 2.34. The van der Waals surface area contributed by atoms with Crippen LogP contribution in [0.1, 0.15) is 45.9 Å². The largest absolute Gasteiger partial charge is 0.416 e. The third kappa shape index (κ3) is 5.51. The van der Waals surface area contributed by atoms with Gasteiger partial charge in [0.2, 0.25) is 0 Å². The summed E-state index contributed by atoms with van der Waals surface area (Å²) in [6, 6.07) is 6.91. The lowest BCUT2D eigenvalue weighted by Crippen LogP contribution is -2.34. The monoisotopic (exact) mass is 470 g/mol. The van der Waals surface area contributed by atoms with Gasteiger partial charge in [0.15, 0.2) is 5.13 Å². The van der Waals surface area contributed by atoms with E-state index in [0.29, 0.717) is 6.54 Å². The molecule has 0 amide bonds. The van der Waals surface area contributed by atoms with Crippen molar-refractivity contribution < 1.29 is 13.2 Å². The van der Waals surface area contributed by atoms with Gasteiger partial charge in [0, 0.05) is 47.9 Å². The van der Waals surface area contributed by atoms with Crippen LogP contribution < -0.4 is 11.1 Å². The molecule has 172 valence electrons. The van der Waals surface area contributed by atoms with Crippen LogP contribution in [0.3, 0.4) is 0 Å². The number of pyridine rings is 1. The Kier molecular flexibility index (Phi) is 6.95. The number of nitrogens with two attached hydrogens (primary N) is 1. The topological polar surface area (TPSA) is 63.8 Å². The normalized spacial score (nSPS) is 17.7. The van der Waals surface area contributed by atoms with Crippen LogP contribution in [0.4, 0.5) is 18.3 Å². The molecule has 8 heteroatoms. The third-order valence-electron chi connectivity index (χ3n) is 5.76. The molecular weight excluding hydrogens is 445 g/mol. The smallest absolute Gasteiger partial charge is 0.360 e. The molecule has 2 aromatic heterocycles. The van der Waals surface area contributed by atoms with Gasteiger partial charge in [-0.15, -0.1) is 11.3 Å². The van der Waals surface area contributed by atoms with Crippen LogP contribution in [-0.2, 0) is 12.6 Å². The molecule has 33 heavy (non-hydrogen) atoms. The van der Waals surface area contributed by atoms with Gasteiger partial charge < -0.3 is 11.1 Å². The third-order valence-corrected chi connectivity index (χ3v) is 6.84. The van der Waals surface area contributed by atoms with E-state index in [-0.39, 0.29) is 17.9 Å². The second-order valence-electron chi connectivity index (χ2n) is 8.03. The lowest BCUT2D eigenvalue weighted by atomic mass is 9.90. The fraction of sp³-hybridized carbons (Fsp3) is 0.280. The average molecular weight is 471 g/mol. The quantitative estimate of drug-likeness (QED) is 0.415. The number of fused-ring (bicyclic) bond motifs is 1. The number of hydrogen-bond donors (Lipinski definition) is 2. The Morgan fingerprint density at radius 3 is 2.73 bits per heavy atom. The molecule has 4 nitrogen and oxygen atoms in total. The SMILES string of the molecule is C/C=C/[C@@H](c1ccc(C(F)(F)F)cc1)[C@H](N)CNc1ncc(C2C=Cc3cnccc3C2)s1. The van der Waals surface area contributed by atoms with E-state index in [9.17, 15) is 13.2 Å². The summed E-state index contributed by atoms with van der Waals surface area (Å²) >= 11 is 1.59. The maximum Gasteiger partial charge on any atom is 0.416 e. The van der Waals surface area contributed by atoms with Gasteiger partial charge in [-0.05, 0) is 48.2 Å². The molecule has 1 aliphatic carbocycles. The number of hydrogen-bond acceptors (Lipinski definition) is 5. The summed E-state index contributed by atoms with van der Waals surface area (Å²) in [4.78, 5) is 9.83. The Labute approximate surface area is 195 Å². The van der Waals surface area contributed by atoms with Crippen LogP contribution in [0.5, 0.6) is 0 Å². The number of alkyl halides is 3. The molecule has 0 bridgehead atoms. The Morgan fingerprint density at radius 1 is 1.21 bits per heavy atom. The summed E-state index contributed by atoms with van der Waals surface area (Å²) < 4.78 is 38.7. The molecule has 1 aromatic carbocycles. The van der Waals surface area contributed by atoms with E-state index >= 15 is 0 Å². The van der Waals surface area contributed by atoms with E-state index in [2.05, 4.69) is 27.4 Å². The van der Waals surface area contributed by atoms with E-state index in [4.69, 9.17) is 5.73 Å². The van der Waals surface area contributed by atoms with Gasteiger partial charge in [-0.1, -0.05) is 36.4 Å². The van der Waals surface area contributed by atoms with Crippen LogP contribution in [0.25, 0.3) is 6.08 Å². The van der Waals surface area contributed by atoms with Crippen molar-refractivity contribution in [1.29, 1.82) is 0 Å². The molecule has 0 saturated carbocycles. The standard InChI is InChI=1S/C25H25F3N4S/c1-2-3-21(16-6-8-20(9-7-16)25(26,27)28)22(29)14-31-24-32-15-23(33-24)18-4-5-19-13-30-11-10-17(19)12-18/h2-11,13,15,18,21-22H,12,14,29H2,1H3,(H,31,32)/b3-2+/t18?,21-,22+/m0/s1. The number of halogens is 3. The summed E-state index contributed by atoms with van der Waals surface area (Å²) in [6.07, 6.45) is 10.2. The second-order valence-corrected chi connectivity index (χ2v) is 9.09. The maximum atomic E-state index is 12.9. The van der Waals surface area contributed by atoms with Crippen molar-refractivity contribution in [2.24, 2.45) is 5.73 Å². The highest BCUT2D eigenvalue weighted by atomic mass is 32.1. The zero-order valence-electron chi connectivity index (χ0n) is 18.1. The van der Waals surface area contributed by atoms with Crippen molar-refractivity contribution in [3.63, 3.8) is 0 Å². The number of aromatic nitrogens is 2. The molecule has 2 heterocycles. The van der Waals surface area contributed by atoms with Gasteiger partial charge in [-0.2, -0.15) is 13.2 Å². The maximum absolute atomic E-state index is 12.9. The summed E-state index contributed by atoms with van der Waals surface area (Å²) in [5.74, 6) is 0.0557. The van der Waals surface area contributed by atoms with E-state index in [0.717, 1.165) is 39.7 Å². The Morgan fingerprint density at radius 2 is 2.00 bits per heavy atom. The fourth-order valence-electron chi connectivity index (χ4n) is 3.97. The molecule has 0 aliphatic heterocycles. The predicted molar refractivity (Wildman–Crippen MR) is 127 cm³/mol. The van der Waals surface area contributed by atoms with E-state index < -0.39 is 11.7 Å². The summed E-state index contributed by atoms with van der Waals surface area (Å²) in [5.41, 5.74) is 8.94. The van der Waals surface area contributed by atoms with Crippen LogP contribution >= 0.6 is 11.3 Å². The number of benzene rings is 1. The van der Waals surface area contributed by atoms with Crippen LogP contribution in [0.2, 0.25) is 0 Å². The zero-order valence-corrected chi connectivity index (χ0v) is 18.9. The van der Waals surface area contributed by atoms with Crippen molar-refractivity contribution in [2.45, 2.75) is 37.4 Å². The first-order chi connectivity index (χ1) is 15.8. The molecule has 3 aromatic rings. The number of anilines is 1. The second kappa shape index (κ2) is 9.89. The van der Waals surface area contributed by atoms with Crippen LogP contribution in [0.15, 0.2) is 67.2 Å². The van der Waals surface area contributed by atoms with Crippen LogP contribution in [-0.4, -0.2) is 22.6 Å². The van der Waals surface area contributed by atoms with Crippen molar-refractivity contribution >= 4 is 22.5 Å². The summed E-state index contributed by atoms with van der Waals surface area (Å²) in [6.45, 7) is 2.31. The lowest BCUT2D eigenvalue weighted by molar-refractivity contribution is -0.137. The molecule has 4 rings (SSSR count). The van der Waals surface area contributed by atoms with Crippen LogP contribution in [0, 0.1) is 0 Å². The molecule has 1 aliphatic rings. The summed E-state index contributed by atoms with van der Waals surface area (Å²) in [5, 5.41) is 4.08. The van der Waals surface area contributed by atoms with Gasteiger partial charge >= 0.3 is 6.18 Å². The molecule has 0 fully saturated rings. The van der Waals surface area contributed by atoms with Gasteiger partial charge in [0.05, 0.1) is 5.56 Å². The van der Waals surface area contributed by atoms with Crippen molar-refractivity contribution in [1.82, 2.24) is 9.97 Å². The lowest BCUT2D eigenvalue weighted by Gasteiger charge is -2.22. The summed E-state index contributed by atoms with van der Waals surface area (Å²) in [7, 11) is 0. The average Bonchev–Trinajstić information content (AvgIpc) is 3.29. The molecular formula is C25H25F3N4S. The highest BCUT2D eigenvalue weighted by molar-refractivity contribution is 7.15. The number of thiazole rings is 1. The van der Waals surface area contributed by atoms with Crippen molar-refractivity contribution in [2.75, 3.05) is 11.9 Å². The molecule has 0 saturated heterocycles. The Balaban J connectivity index is 1.40. The van der Waals surface area contributed by atoms with Gasteiger partial charge in [0.25, 0.3) is 0 Å². The minimum absolute atomic E-state index is 0.212. The molecule has 0 radical (unpaired) electrons. The molecule has 0 spiro atoms. The zero-order chi connectivity index (χ0) is 23.4. The highest BCUT2D eigenvalue weighted by Gasteiger charge is 2.30. The number of allylic oxidation sites excluding steroid dienone is 2. The van der Waals surface area contributed by atoms with E-state index in [1.165, 1.54) is 17.7 Å². The van der Waals surface area contributed by atoms with Crippen molar-refractivity contribution in [3.8, 4) is 0 Å². The molecule has 1 unspecified atom stereocenters. The number of nitrogens with one attached hydrogen (secondary N) is 1. The predicted octanol–water partition coefficient (Wildman–Crippen LogP) is 6.01. The number of rotatable bonds is 7. The molecule has 3 atom stereocenters. The van der Waals surface area contributed by atoms with Gasteiger partial charge in [0.1, 0.15) is 0 Å². The Bertz CT molecular complexity index is 1140. The first kappa shape index (κ1) is 23.2. The first-order valence-electron chi connectivity index (χ1n) is 10.7. The minimum atomic E-state index is -4.35. The van der Waals surface area contributed by atoms with E-state index in [1.54, 1.807) is 11.3 Å². The van der Waals surface area contributed by atoms with Gasteiger partial charge in [-0.25, -0.2) is 4.98 Å². The molecule has 3 N–H and O–H groups in total. The van der Waals surface area contributed by atoms with Crippen molar-refractivity contribution in [3.05, 3.63) is 94.3 Å². The van der Waals surface area contributed by atoms with Gasteiger partial charge in [-0.3, -0.25) is 4.98 Å². The fourth-order valence-corrected chi connectivity index (χ4v) is 4.87. The number of nitrogens with zero attached hydrogens (tertiary/aromatic N) is 2.